The molecule has 2 amide bonds. The van der Waals surface area contributed by atoms with Crippen LogP contribution in [0.15, 0.2) is 192 Å². The average Bonchev–Trinajstić information content (AvgIpc) is 1.59. The highest BCUT2D eigenvalue weighted by Gasteiger charge is 2.38. The predicted octanol–water partition coefficient (Wildman–Crippen LogP) is 16.2. The number of rotatable bonds is 24. The number of amides is 2. The van der Waals surface area contributed by atoms with Gasteiger partial charge in [0.1, 0.15) is 45.7 Å². The number of H-pyrrole nitrogens is 2. The fourth-order valence-electron chi connectivity index (χ4n) is 17.2. The monoisotopic (exact) mass is 1560 g/mol. The van der Waals surface area contributed by atoms with Crippen LogP contribution in [0, 0.1) is 32.1 Å². The summed E-state index contributed by atoms with van der Waals surface area (Å²) >= 11 is 0. The van der Waals surface area contributed by atoms with Crippen molar-refractivity contribution >= 4 is 76.7 Å². The van der Waals surface area contributed by atoms with E-state index in [4.69, 9.17) is 18.9 Å². The zero-order chi connectivity index (χ0) is 77.3. The SMILES string of the molecule is O=C(NS(=O)(=O)c1ccc(NCC2CCOCC2)c([N+](=O)[O-])c1)c1ccc(C2CCC(N3CCCC3c3ccccc3)CC2)cc1Oc1cnc2[nH]ccc2c1.O=C(NS(=O)(=O)c1ccc(NCC2CCOCC2)c([N+](=O)[O-])c1)c1ccc(C2CCC(N3CCCC3c3ccccc3)CC2)cc1Oc1cnc2[nH]ccc2c1. The number of carbonyl (C=O) groups excluding carboxylic acids is 2. The molecule has 8 heterocycles. The standard InChI is InChI=1S/2C42H46N6O7S/c2*49-42(46-56(52,53)35-13-15-37(39(25-35)48(50)51)44-26-28-17-21-54-22-18-28)36-14-10-31(24-40(36)55-34-23-32-16-19-43-41(32)45-27-34)29-8-11-33(12-9-29)47-20-4-7-38(47)30-5-2-1-3-6-30/h2*1-3,5-6,10,13-16,19,23-25,27-29,33,38,44H,4,7-9,11-12,17-18,20-22,26H2,(H,43,45)(H,46,49). The number of nitro groups is 2. The maximum atomic E-state index is 13.9. The van der Waals surface area contributed by atoms with Gasteiger partial charge in [0.2, 0.25) is 0 Å². The molecule has 6 N–H and O–H groups in total. The van der Waals surface area contributed by atoms with Gasteiger partial charge in [0.15, 0.2) is 0 Å². The third kappa shape index (κ3) is 18.0. The van der Waals surface area contributed by atoms with Crippen LogP contribution in [-0.4, -0.2) is 133 Å². The molecule has 0 bridgehead atoms. The number of aromatic nitrogens is 4. The van der Waals surface area contributed by atoms with Gasteiger partial charge in [-0.05, 0) is 235 Å². The van der Waals surface area contributed by atoms with Crippen LogP contribution in [0.2, 0.25) is 0 Å². The van der Waals surface area contributed by atoms with E-state index in [1.54, 1.807) is 49.1 Å². The summed E-state index contributed by atoms with van der Waals surface area (Å²) in [4.78, 5) is 70.0. The Morgan fingerprint density at radius 3 is 1.27 bits per heavy atom. The lowest BCUT2D eigenvalue weighted by atomic mass is 9.80. The van der Waals surface area contributed by atoms with Crippen LogP contribution in [0.4, 0.5) is 22.7 Å². The van der Waals surface area contributed by atoms with E-state index in [1.807, 2.05) is 36.4 Å². The van der Waals surface area contributed by atoms with Gasteiger partial charge in [-0.15, -0.1) is 0 Å². The molecular weight excluding hydrogens is 1470 g/mol. The minimum absolute atomic E-state index is 0.00666. The summed E-state index contributed by atoms with van der Waals surface area (Å²) in [7, 11) is -9.04. The molecule has 584 valence electrons. The van der Waals surface area contributed by atoms with Gasteiger partial charge in [0.05, 0.1) is 43.2 Å². The van der Waals surface area contributed by atoms with E-state index in [2.05, 4.69) is 110 Å². The van der Waals surface area contributed by atoms with Crippen LogP contribution in [0.5, 0.6) is 23.0 Å². The molecule has 0 spiro atoms. The van der Waals surface area contributed by atoms with Gasteiger partial charge in [0.25, 0.3) is 43.2 Å². The molecule has 26 nitrogen and oxygen atoms in total. The minimum atomic E-state index is -4.52. The van der Waals surface area contributed by atoms with Gasteiger partial charge in [-0.1, -0.05) is 72.8 Å². The number of hydrogen-bond acceptors (Lipinski definition) is 20. The van der Waals surface area contributed by atoms with E-state index in [0.29, 0.717) is 86.5 Å². The quantitative estimate of drug-likeness (QED) is 0.0242. The van der Waals surface area contributed by atoms with Gasteiger partial charge in [-0.2, -0.15) is 0 Å². The number of hydrogen-bond donors (Lipinski definition) is 6. The first-order valence-corrected chi connectivity index (χ1v) is 41.9. The Balaban J connectivity index is 0.000000177. The minimum Gasteiger partial charge on any atom is -0.455 e. The van der Waals surface area contributed by atoms with Crippen molar-refractivity contribution in [3.8, 4) is 23.0 Å². The molecule has 2 saturated carbocycles. The van der Waals surface area contributed by atoms with Crippen LogP contribution in [0.1, 0.15) is 170 Å². The van der Waals surface area contributed by atoms with Gasteiger partial charge >= 0.3 is 0 Å². The number of benzene rings is 6. The first kappa shape index (κ1) is 76.7. The van der Waals surface area contributed by atoms with Crippen LogP contribution in [0.3, 0.4) is 0 Å². The van der Waals surface area contributed by atoms with E-state index < -0.39 is 62.9 Å². The summed E-state index contributed by atoms with van der Waals surface area (Å²) in [5, 5.41) is 31.9. The first-order valence-electron chi connectivity index (χ1n) is 38.9. The van der Waals surface area contributed by atoms with Crippen molar-refractivity contribution in [1.29, 1.82) is 0 Å². The van der Waals surface area contributed by atoms with E-state index >= 15 is 0 Å². The summed E-state index contributed by atoms with van der Waals surface area (Å²) in [6.45, 7) is 5.73. The fourth-order valence-corrected chi connectivity index (χ4v) is 19.1. The molecule has 6 fully saturated rings. The number of nitro benzene ring substituents is 2. The van der Waals surface area contributed by atoms with Crippen molar-refractivity contribution in [3.05, 3.63) is 236 Å². The Bertz CT molecular complexity index is 4930. The number of nitrogens with one attached hydrogen (secondary N) is 6. The van der Waals surface area contributed by atoms with Crippen molar-refractivity contribution in [2.45, 2.75) is 149 Å². The third-order valence-electron chi connectivity index (χ3n) is 23.2. The van der Waals surface area contributed by atoms with Crippen LogP contribution < -0.4 is 29.6 Å². The highest BCUT2D eigenvalue weighted by Crippen LogP contribution is 2.46. The number of ether oxygens (including phenoxy) is 4. The molecule has 2 unspecified atom stereocenters. The Labute approximate surface area is 650 Å². The maximum absolute atomic E-state index is 13.9. The molecule has 2 aliphatic carbocycles. The van der Waals surface area contributed by atoms with Gasteiger partial charge < -0.3 is 39.5 Å². The number of nitrogens with zero attached hydrogens (tertiary/aromatic N) is 6. The van der Waals surface area contributed by atoms with E-state index in [-0.39, 0.29) is 57.7 Å². The van der Waals surface area contributed by atoms with Crippen LogP contribution in [0.25, 0.3) is 22.1 Å². The number of anilines is 2. The molecule has 4 saturated heterocycles. The molecule has 4 aromatic heterocycles. The Kier molecular flexibility index (Phi) is 23.7. The van der Waals surface area contributed by atoms with Crippen molar-refractivity contribution in [3.63, 3.8) is 0 Å². The smallest absolute Gasteiger partial charge is 0.293 e. The number of aromatic amines is 2. The lowest BCUT2D eigenvalue weighted by Crippen LogP contribution is -2.37. The zero-order valence-electron chi connectivity index (χ0n) is 62.1. The van der Waals surface area contributed by atoms with E-state index in [9.17, 15) is 46.7 Å². The highest BCUT2D eigenvalue weighted by atomic mass is 32.2. The average molecular weight is 1560 g/mol. The van der Waals surface area contributed by atoms with Crippen molar-refractivity contribution in [1.82, 2.24) is 39.2 Å². The number of sulfonamides is 2. The van der Waals surface area contributed by atoms with E-state index in [0.717, 1.165) is 124 Å². The van der Waals surface area contributed by atoms with Crippen molar-refractivity contribution < 1.29 is 55.2 Å². The summed E-state index contributed by atoms with van der Waals surface area (Å²) in [5.41, 5.74) is 5.76. The molecule has 0 radical (unpaired) electrons. The summed E-state index contributed by atoms with van der Waals surface area (Å²) in [5.74, 6) is 0.346. The number of fused-ring (bicyclic) bond motifs is 2. The van der Waals surface area contributed by atoms with Gasteiger partial charge in [0, 0.05) is 99.0 Å². The van der Waals surface area contributed by atoms with Crippen molar-refractivity contribution in [2.75, 3.05) is 63.2 Å². The van der Waals surface area contributed by atoms with Gasteiger partial charge in [-0.3, -0.25) is 39.6 Å². The lowest BCUT2D eigenvalue weighted by Gasteiger charge is -2.38. The topological polar surface area (TPSA) is 338 Å². The molecule has 16 rings (SSSR count). The largest absolute Gasteiger partial charge is 0.455 e. The molecular formula is C84H92N12O14S2. The fraction of sp³-hybridized carbons (Fsp3) is 0.381. The predicted molar refractivity (Wildman–Crippen MR) is 425 cm³/mol. The number of carbonyl (C=O) groups is 2. The highest BCUT2D eigenvalue weighted by molar-refractivity contribution is 7.90. The Morgan fingerprint density at radius 2 is 0.875 bits per heavy atom. The van der Waals surface area contributed by atoms with Crippen LogP contribution >= 0.6 is 0 Å². The zero-order valence-corrected chi connectivity index (χ0v) is 63.8. The lowest BCUT2D eigenvalue weighted by molar-refractivity contribution is -0.384. The Morgan fingerprint density at radius 1 is 0.473 bits per heavy atom. The molecule has 6 aliphatic rings. The number of pyridine rings is 2. The normalized spacial score (nSPS) is 20.8. The second kappa shape index (κ2) is 34.6. The van der Waals surface area contributed by atoms with Gasteiger partial charge in [-0.25, -0.2) is 36.2 Å². The third-order valence-corrected chi connectivity index (χ3v) is 25.8. The first-order chi connectivity index (χ1) is 54.4. The van der Waals surface area contributed by atoms with Crippen LogP contribution in [-0.2, 0) is 29.5 Å². The Hall–Kier alpha value is -10.6. The molecule has 10 aromatic rings. The molecule has 112 heavy (non-hydrogen) atoms. The van der Waals surface area contributed by atoms with E-state index in [1.165, 1.54) is 61.1 Å². The van der Waals surface area contributed by atoms with Crippen molar-refractivity contribution in [2.24, 2.45) is 11.8 Å². The molecule has 6 aromatic carbocycles. The molecule has 4 aliphatic heterocycles. The molecule has 28 heteroatoms. The maximum Gasteiger partial charge on any atom is 0.293 e. The number of likely N-dealkylation sites (tertiary alicyclic amines) is 2. The summed E-state index contributed by atoms with van der Waals surface area (Å²) in [6.07, 6.45) is 22.8. The summed E-state index contributed by atoms with van der Waals surface area (Å²) < 4.78 is 82.2. The second-order valence-electron chi connectivity index (χ2n) is 30.1. The second-order valence-corrected chi connectivity index (χ2v) is 33.5. The summed E-state index contributed by atoms with van der Waals surface area (Å²) in [6, 6.07) is 48.5. The molecule has 2 atom stereocenters.